The van der Waals surface area contributed by atoms with Crippen LogP contribution in [0.15, 0.2) is 29.0 Å². The highest BCUT2D eigenvalue weighted by molar-refractivity contribution is 6.36. The minimum atomic E-state index is -0.962. The van der Waals surface area contributed by atoms with Gasteiger partial charge in [-0.15, -0.1) is 0 Å². The number of piperidine rings is 1. The number of likely N-dealkylation sites (tertiary alicyclic amines) is 1. The van der Waals surface area contributed by atoms with Crippen LogP contribution in [0.4, 0.5) is 14.6 Å². The molecule has 1 atom stereocenters. The number of hydrogen-bond donors (Lipinski definition) is 1. The molecule has 7 nitrogen and oxygen atoms in total. The van der Waals surface area contributed by atoms with Crippen molar-refractivity contribution in [1.82, 2.24) is 14.8 Å². The molecule has 4 heterocycles. The Morgan fingerprint density at radius 1 is 1.21 bits per heavy atom. The van der Waals surface area contributed by atoms with Crippen LogP contribution < -0.4 is 10.5 Å². The Morgan fingerprint density at radius 2 is 1.89 bits per heavy atom. The molecular formula is C27H28Cl2F2N4O3. The molecule has 38 heavy (non-hydrogen) atoms. The molecule has 3 aromatic rings. The summed E-state index contributed by atoms with van der Waals surface area (Å²) in [4.78, 5) is 21.4. The minimum absolute atomic E-state index is 0.0432. The number of rotatable bonds is 5. The van der Waals surface area contributed by atoms with E-state index in [0.717, 1.165) is 37.1 Å². The van der Waals surface area contributed by atoms with Crippen molar-refractivity contribution in [2.45, 2.75) is 32.3 Å². The van der Waals surface area contributed by atoms with Crippen LogP contribution in [0.1, 0.15) is 43.4 Å². The van der Waals surface area contributed by atoms with Crippen molar-refractivity contribution in [3.8, 4) is 5.75 Å². The second-order valence-corrected chi connectivity index (χ2v) is 10.6. The number of carbonyl (C=O) groups excluding carboxylic acids is 1. The van der Waals surface area contributed by atoms with E-state index in [4.69, 9.17) is 38.1 Å². The summed E-state index contributed by atoms with van der Waals surface area (Å²) in [5.74, 6) is -1.43. The van der Waals surface area contributed by atoms with E-state index in [9.17, 15) is 13.6 Å². The van der Waals surface area contributed by atoms with E-state index in [2.05, 4.69) is 16.9 Å². The third-order valence-corrected chi connectivity index (χ3v) is 8.15. The zero-order chi connectivity index (χ0) is 27.1. The van der Waals surface area contributed by atoms with E-state index in [-0.39, 0.29) is 39.0 Å². The van der Waals surface area contributed by atoms with Crippen LogP contribution in [0.5, 0.6) is 5.75 Å². The molecule has 5 rings (SSSR count). The molecule has 2 aliphatic heterocycles. The van der Waals surface area contributed by atoms with Crippen molar-refractivity contribution in [3.05, 3.63) is 57.4 Å². The molecule has 2 N–H and O–H groups in total. The Kier molecular flexibility index (Phi) is 7.53. The highest BCUT2D eigenvalue weighted by Gasteiger charge is 2.30. The zero-order valence-electron chi connectivity index (χ0n) is 21.1. The Bertz CT molecular complexity index is 1390. The van der Waals surface area contributed by atoms with Gasteiger partial charge in [0, 0.05) is 42.4 Å². The van der Waals surface area contributed by atoms with E-state index in [1.165, 1.54) is 0 Å². The van der Waals surface area contributed by atoms with Gasteiger partial charge in [-0.1, -0.05) is 29.3 Å². The molecule has 202 valence electrons. The number of aromatic nitrogens is 1. The Hall–Kier alpha value is -2.88. The van der Waals surface area contributed by atoms with Gasteiger partial charge in [-0.2, -0.15) is 0 Å². The summed E-state index contributed by atoms with van der Waals surface area (Å²) < 4.78 is 40.0. The predicted molar refractivity (Wildman–Crippen MR) is 143 cm³/mol. The summed E-state index contributed by atoms with van der Waals surface area (Å²) in [7, 11) is 2.08. The molecule has 11 heteroatoms. The minimum Gasteiger partial charge on any atom is -0.478 e. The summed E-state index contributed by atoms with van der Waals surface area (Å²) in [5.41, 5.74) is 8.25. The number of anilines is 1. The molecule has 0 radical (unpaired) electrons. The van der Waals surface area contributed by atoms with Gasteiger partial charge in [0.2, 0.25) is 11.7 Å². The molecule has 0 aliphatic carbocycles. The zero-order valence-corrected chi connectivity index (χ0v) is 22.6. The topological polar surface area (TPSA) is 84.8 Å². The van der Waals surface area contributed by atoms with Gasteiger partial charge in [0.1, 0.15) is 17.7 Å². The molecule has 2 aliphatic rings. The monoisotopic (exact) mass is 564 g/mol. The third-order valence-electron chi connectivity index (χ3n) is 7.38. The number of amides is 1. The summed E-state index contributed by atoms with van der Waals surface area (Å²) in [6.45, 7) is 4.58. The van der Waals surface area contributed by atoms with E-state index in [1.807, 2.05) is 11.0 Å². The van der Waals surface area contributed by atoms with Crippen molar-refractivity contribution in [2.75, 3.05) is 39.0 Å². The molecule has 0 saturated carbocycles. The van der Waals surface area contributed by atoms with E-state index < -0.39 is 17.7 Å². The van der Waals surface area contributed by atoms with Crippen LogP contribution >= 0.6 is 23.2 Å². The van der Waals surface area contributed by atoms with Gasteiger partial charge >= 0.3 is 0 Å². The van der Waals surface area contributed by atoms with Crippen LogP contribution in [0.3, 0.4) is 0 Å². The number of fused-ring (bicyclic) bond motifs is 1. The number of nitrogen functional groups attached to an aromatic ring is 1. The van der Waals surface area contributed by atoms with Gasteiger partial charge in [0.25, 0.3) is 0 Å². The van der Waals surface area contributed by atoms with E-state index in [0.29, 0.717) is 36.5 Å². The molecule has 0 unspecified atom stereocenters. The highest BCUT2D eigenvalue weighted by atomic mass is 35.5. The largest absolute Gasteiger partial charge is 0.478 e. The lowest BCUT2D eigenvalue weighted by atomic mass is 9.94. The third kappa shape index (κ3) is 4.95. The molecular weight excluding hydrogens is 537 g/mol. The average Bonchev–Trinajstić information content (AvgIpc) is 3.34. The van der Waals surface area contributed by atoms with Crippen LogP contribution in [0.2, 0.25) is 10.0 Å². The number of halogens is 4. The Morgan fingerprint density at radius 3 is 2.53 bits per heavy atom. The van der Waals surface area contributed by atoms with Gasteiger partial charge in [-0.3, -0.25) is 4.79 Å². The smallest absolute Gasteiger partial charge is 0.226 e. The predicted octanol–water partition coefficient (Wildman–Crippen LogP) is 6.09. The Labute approximate surface area is 229 Å². The fraction of sp³-hybridized carbons (Fsp3) is 0.407. The molecule has 0 bridgehead atoms. The van der Waals surface area contributed by atoms with Crippen LogP contribution in [-0.2, 0) is 4.79 Å². The standard InChI is InChI=1S/C27H28Cl2F2N4O3/c1-14(21-22(28)19(30)11-20(31)23(21)29)38-25-24-17(12-33-26(25)32)18(13-37-24)15-5-9-35(10-6-15)27(36)16-3-7-34(2)8-4-16/h5,11-14,16H,3-4,6-10H2,1-2H3,(H2,32,33)/t14-/m1/s1. The summed E-state index contributed by atoms with van der Waals surface area (Å²) in [6.07, 6.45) is 6.72. The summed E-state index contributed by atoms with van der Waals surface area (Å²) in [5, 5.41) is -0.00532. The second kappa shape index (κ2) is 10.7. The van der Waals surface area contributed by atoms with Crippen molar-refractivity contribution >= 4 is 51.5 Å². The van der Waals surface area contributed by atoms with Gasteiger partial charge in [-0.25, -0.2) is 13.8 Å². The molecule has 1 fully saturated rings. The maximum Gasteiger partial charge on any atom is 0.226 e. The number of nitrogens with two attached hydrogens (primary N) is 1. The first-order valence-corrected chi connectivity index (χ1v) is 13.2. The summed E-state index contributed by atoms with van der Waals surface area (Å²) >= 11 is 12.1. The van der Waals surface area contributed by atoms with E-state index >= 15 is 0 Å². The fourth-order valence-electron chi connectivity index (χ4n) is 5.15. The van der Waals surface area contributed by atoms with Crippen molar-refractivity contribution in [3.63, 3.8) is 0 Å². The second-order valence-electron chi connectivity index (χ2n) is 9.85. The molecule has 2 aromatic heterocycles. The molecule has 1 aromatic carbocycles. The number of pyridine rings is 1. The first-order chi connectivity index (χ1) is 18.2. The lowest BCUT2D eigenvalue weighted by molar-refractivity contribution is -0.136. The maximum atomic E-state index is 14.1. The lowest BCUT2D eigenvalue weighted by Crippen LogP contribution is -2.43. The highest BCUT2D eigenvalue weighted by Crippen LogP contribution is 2.42. The van der Waals surface area contributed by atoms with Crippen molar-refractivity contribution in [1.29, 1.82) is 0 Å². The number of hydrogen-bond acceptors (Lipinski definition) is 6. The number of nitrogens with zero attached hydrogens (tertiary/aromatic N) is 3. The molecule has 1 amide bonds. The quantitative estimate of drug-likeness (QED) is 0.377. The molecule has 1 saturated heterocycles. The van der Waals surface area contributed by atoms with Crippen molar-refractivity contribution in [2.24, 2.45) is 5.92 Å². The average molecular weight is 565 g/mol. The fourth-order valence-corrected chi connectivity index (χ4v) is 5.81. The first kappa shape index (κ1) is 26.7. The van der Waals surface area contributed by atoms with Crippen LogP contribution in [0, 0.1) is 17.6 Å². The normalized spacial score (nSPS) is 18.1. The van der Waals surface area contributed by atoms with Crippen LogP contribution in [0.25, 0.3) is 16.5 Å². The van der Waals surface area contributed by atoms with Gasteiger partial charge in [0.05, 0.1) is 21.7 Å². The number of furan rings is 1. The van der Waals surface area contributed by atoms with E-state index in [1.54, 1.807) is 19.4 Å². The van der Waals surface area contributed by atoms with Gasteiger partial charge < -0.3 is 24.7 Å². The SMILES string of the molecule is C[C@@H](Oc1c(N)ncc2c(C3=CCN(C(=O)C4CCN(C)CC4)CC3)coc12)c1c(Cl)c(F)cc(F)c1Cl. The Balaban J connectivity index is 1.38. The number of ether oxygens (including phenoxy) is 1. The molecule has 0 spiro atoms. The first-order valence-electron chi connectivity index (χ1n) is 12.5. The van der Waals surface area contributed by atoms with Gasteiger partial charge in [0.15, 0.2) is 11.4 Å². The summed E-state index contributed by atoms with van der Waals surface area (Å²) in [6, 6.07) is 0.622. The number of benzene rings is 1. The van der Waals surface area contributed by atoms with Crippen LogP contribution in [-0.4, -0.2) is 53.9 Å². The van der Waals surface area contributed by atoms with Crippen molar-refractivity contribution < 1.29 is 22.7 Å². The maximum absolute atomic E-state index is 14.1. The van der Waals surface area contributed by atoms with Gasteiger partial charge in [-0.05, 0) is 51.9 Å². The lowest BCUT2D eigenvalue weighted by Gasteiger charge is -2.33. The number of carbonyl (C=O) groups is 1.